The molecule has 0 spiro atoms. The van der Waals surface area contributed by atoms with Crippen LogP contribution < -0.4 is 10.7 Å². The van der Waals surface area contributed by atoms with Gasteiger partial charge in [0.15, 0.2) is 0 Å². The van der Waals surface area contributed by atoms with Crippen molar-refractivity contribution in [3.05, 3.63) is 39.6 Å². The van der Waals surface area contributed by atoms with E-state index in [1.54, 1.807) is 0 Å². The number of benzene rings is 1. The summed E-state index contributed by atoms with van der Waals surface area (Å²) in [5, 5.41) is 5.45. The fourth-order valence-corrected chi connectivity index (χ4v) is 2.42. The number of H-pyrrole nitrogens is 1. The summed E-state index contributed by atoms with van der Waals surface area (Å²) in [6.07, 6.45) is 0. The summed E-state index contributed by atoms with van der Waals surface area (Å²) in [5.74, 6) is 0. The Hall–Kier alpha value is -1.37. The molecule has 7 heteroatoms. The van der Waals surface area contributed by atoms with Crippen molar-refractivity contribution in [1.29, 1.82) is 0 Å². The Kier molecular flexibility index (Phi) is 2.49. The molecule has 3 N–H and O–H groups in total. The van der Waals surface area contributed by atoms with Crippen molar-refractivity contribution in [1.82, 2.24) is 4.98 Å². The number of sulfonamides is 1. The molecule has 16 heavy (non-hydrogen) atoms. The van der Waals surface area contributed by atoms with Crippen molar-refractivity contribution in [3.8, 4) is 0 Å². The SMILES string of the molecule is NS(=O)(=O)c1cc2c[c]c(=O)[nH]c2cc1Cl. The zero-order valence-corrected chi connectivity index (χ0v) is 9.39. The van der Waals surface area contributed by atoms with Crippen molar-refractivity contribution in [2.75, 3.05) is 0 Å². The van der Waals surface area contributed by atoms with Gasteiger partial charge in [-0.25, -0.2) is 13.6 Å². The average Bonchev–Trinajstić information content (AvgIpc) is 2.14. The molecule has 0 atom stereocenters. The van der Waals surface area contributed by atoms with Crippen LogP contribution in [-0.2, 0) is 10.0 Å². The molecule has 1 aromatic carbocycles. The van der Waals surface area contributed by atoms with Gasteiger partial charge in [-0.2, -0.15) is 0 Å². The quantitative estimate of drug-likeness (QED) is 0.785. The van der Waals surface area contributed by atoms with Crippen LogP contribution in [0.2, 0.25) is 5.02 Å². The summed E-state index contributed by atoms with van der Waals surface area (Å²) >= 11 is 5.75. The lowest BCUT2D eigenvalue weighted by molar-refractivity contribution is 0.598. The van der Waals surface area contributed by atoms with Crippen LogP contribution in [0.1, 0.15) is 0 Å². The average molecular weight is 258 g/mol. The molecule has 0 saturated heterocycles. The molecule has 0 amide bonds. The topological polar surface area (TPSA) is 93.0 Å². The molecule has 0 bridgehead atoms. The van der Waals surface area contributed by atoms with Gasteiger partial charge >= 0.3 is 0 Å². The van der Waals surface area contributed by atoms with Gasteiger partial charge in [-0.05, 0) is 18.2 Å². The molecule has 2 rings (SSSR count). The normalized spacial score (nSPS) is 11.9. The highest BCUT2D eigenvalue weighted by molar-refractivity contribution is 7.89. The lowest BCUT2D eigenvalue weighted by Gasteiger charge is -2.03. The van der Waals surface area contributed by atoms with E-state index >= 15 is 0 Å². The van der Waals surface area contributed by atoms with Gasteiger partial charge in [-0.1, -0.05) is 11.6 Å². The van der Waals surface area contributed by atoms with Crippen LogP contribution in [0, 0.1) is 6.07 Å². The molecular weight excluding hydrogens is 252 g/mol. The van der Waals surface area contributed by atoms with Crippen LogP contribution in [0.25, 0.3) is 10.9 Å². The minimum atomic E-state index is -3.87. The molecule has 2 aromatic rings. The summed E-state index contributed by atoms with van der Waals surface area (Å²) in [7, 11) is -3.87. The number of nitrogens with two attached hydrogens (primary N) is 1. The van der Waals surface area contributed by atoms with Gasteiger partial charge in [-0.3, -0.25) is 4.79 Å². The molecular formula is C9H6ClN2O3S. The van der Waals surface area contributed by atoms with Gasteiger partial charge in [0.05, 0.1) is 11.1 Å². The van der Waals surface area contributed by atoms with Gasteiger partial charge in [0, 0.05) is 10.9 Å². The summed E-state index contributed by atoms with van der Waals surface area (Å²) in [6.45, 7) is 0. The van der Waals surface area contributed by atoms with E-state index in [9.17, 15) is 13.2 Å². The van der Waals surface area contributed by atoms with E-state index in [4.69, 9.17) is 16.7 Å². The van der Waals surface area contributed by atoms with E-state index in [-0.39, 0.29) is 9.92 Å². The van der Waals surface area contributed by atoms with E-state index in [1.807, 2.05) is 0 Å². The monoisotopic (exact) mass is 257 g/mol. The Labute approximate surface area is 95.9 Å². The number of aromatic amines is 1. The first-order chi connectivity index (χ1) is 7.38. The molecule has 0 saturated carbocycles. The molecule has 1 radical (unpaired) electrons. The van der Waals surface area contributed by atoms with Crippen LogP contribution in [0.3, 0.4) is 0 Å². The highest BCUT2D eigenvalue weighted by Gasteiger charge is 2.14. The third kappa shape index (κ3) is 1.95. The van der Waals surface area contributed by atoms with Crippen LogP contribution in [0.15, 0.2) is 27.9 Å². The van der Waals surface area contributed by atoms with E-state index in [1.165, 1.54) is 18.2 Å². The van der Waals surface area contributed by atoms with Crippen molar-refractivity contribution in [2.24, 2.45) is 5.14 Å². The number of primary sulfonamides is 1. The van der Waals surface area contributed by atoms with Crippen molar-refractivity contribution >= 4 is 32.5 Å². The standard InChI is InChI=1S/C9H6ClN2O3S/c10-6-4-7-5(1-2-9(13)12-7)3-8(6)16(11,14)15/h1,3-4H,(H,12,13)(H2,11,14,15). The molecule has 0 aliphatic carbocycles. The zero-order chi connectivity index (χ0) is 11.9. The second kappa shape index (κ2) is 3.58. The molecule has 0 unspecified atom stereocenters. The molecule has 0 aliphatic heterocycles. The largest absolute Gasteiger partial charge is 0.321 e. The lowest BCUT2D eigenvalue weighted by Crippen LogP contribution is -2.13. The number of fused-ring (bicyclic) bond motifs is 1. The summed E-state index contributed by atoms with van der Waals surface area (Å²) in [5.41, 5.74) is 0.0214. The first kappa shape index (κ1) is 11.1. The summed E-state index contributed by atoms with van der Waals surface area (Å²) in [4.78, 5) is 13.3. The first-order valence-corrected chi connectivity index (χ1v) is 6.07. The second-order valence-corrected chi connectivity index (χ2v) is 5.09. The predicted molar refractivity (Wildman–Crippen MR) is 59.8 cm³/mol. The van der Waals surface area contributed by atoms with Crippen LogP contribution in [0.4, 0.5) is 0 Å². The van der Waals surface area contributed by atoms with E-state index in [2.05, 4.69) is 11.1 Å². The maximum absolute atomic E-state index is 11.2. The van der Waals surface area contributed by atoms with Crippen LogP contribution in [0.5, 0.6) is 0 Å². The number of halogens is 1. The first-order valence-electron chi connectivity index (χ1n) is 4.15. The third-order valence-corrected chi connectivity index (χ3v) is 3.39. The predicted octanol–water partition coefficient (Wildman–Crippen LogP) is 0.629. The molecule has 0 aliphatic rings. The number of nitrogens with one attached hydrogen (secondary N) is 1. The molecule has 5 nitrogen and oxygen atoms in total. The molecule has 1 heterocycles. The van der Waals surface area contributed by atoms with Gasteiger partial charge in [-0.15, -0.1) is 0 Å². The molecule has 83 valence electrons. The van der Waals surface area contributed by atoms with E-state index in [0.29, 0.717) is 10.9 Å². The smallest absolute Gasteiger partial charge is 0.256 e. The number of pyridine rings is 1. The summed E-state index contributed by atoms with van der Waals surface area (Å²) < 4.78 is 22.4. The van der Waals surface area contributed by atoms with E-state index in [0.717, 1.165) is 0 Å². The molecule has 0 fully saturated rings. The Morgan fingerprint density at radius 1 is 1.38 bits per heavy atom. The Morgan fingerprint density at radius 2 is 2.06 bits per heavy atom. The minimum absolute atomic E-state index is 0.0307. The van der Waals surface area contributed by atoms with Crippen LogP contribution >= 0.6 is 11.6 Å². The fraction of sp³-hybridized carbons (Fsp3) is 0. The van der Waals surface area contributed by atoms with Gasteiger partial charge < -0.3 is 4.98 Å². The third-order valence-electron chi connectivity index (χ3n) is 2.02. The number of aromatic nitrogens is 1. The zero-order valence-electron chi connectivity index (χ0n) is 7.82. The lowest BCUT2D eigenvalue weighted by atomic mass is 10.2. The second-order valence-electron chi connectivity index (χ2n) is 3.16. The molecule has 1 aromatic heterocycles. The van der Waals surface area contributed by atoms with E-state index < -0.39 is 15.6 Å². The number of rotatable bonds is 1. The van der Waals surface area contributed by atoms with Crippen molar-refractivity contribution < 1.29 is 8.42 Å². The van der Waals surface area contributed by atoms with Crippen LogP contribution in [-0.4, -0.2) is 13.4 Å². The number of hydrogen-bond donors (Lipinski definition) is 2. The van der Waals surface area contributed by atoms with Gasteiger partial charge in [0.25, 0.3) is 5.56 Å². The highest BCUT2D eigenvalue weighted by Crippen LogP contribution is 2.24. The van der Waals surface area contributed by atoms with Crippen molar-refractivity contribution in [3.63, 3.8) is 0 Å². The fourth-order valence-electron chi connectivity index (χ4n) is 1.32. The van der Waals surface area contributed by atoms with Gasteiger partial charge in [0.2, 0.25) is 10.0 Å². The number of hydrogen-bond acceptors (Lipinski definition) is 3. The van der Waals surface area contributed by atoms with Crippen molar-refractivity contribution in [2.45, 2.75) is 4.90 Å². The maximum Gasteiger partial charge on any atom is 0.256 e. The highest BCUT2D eigenvalue weighted by atomic mass is 35.5. The van der Waals surface area contributed by atoms with Gasteiger partial charge in [0.1, 0.15) is 4.90 Å². The minimum Gasteiger partial charge on any atom is -0.321 e. The summed E-state index contributed by atoms with van der Waals surface area (Å²) in [6, 6.07) is 6.39. The Morgan fingerprint density at radius 3 is 2.69 bits per heavy atom. The Bertz CT molecular complexity index is 721. The Balaban J connectivity index is 2.88. The maximum atomic E-state index is 11.2.